The molecule has 0 fully saturated rings. The van der Waals surface area contributed by atoms with Crippen molar-refractivity contribution in [1.29, 1.82) is 0 Å². The maximum atomic E-state index is 5.21. The van der Waals surface area contributed by atoms with Crippen LogP contribution in [0.1, 0.15) is 13.3 Å². The van der Waals surface area contributed by atoms with E-state index in [1.54, 1.807) is 0 Å². The zero-order chi connectivity index (χ0) is 6.95. The Morgan fingerprint density at radius 2 is 1.89 bits per heavy atom. The first-order valence-electron chi connectivity index (χ1n) is 3.53. The molecule has 0 radical (unpaired) electrons. The van der Waals surface area contributed by atoms with E-state index in [0.29, 0.717) is 6.67 Å². The molecule has 0 aromatic rings. The lowest BCUT2D eigenvalue weighted by Gasteiger charge is -2.00. The summed E-state index contributed by atoms with van der Waals surface area (Å²) in [6, 6.07) is 0. The van der Waals surface area contributed by atoms with Gasteiger partial charge < -0.3 is 16.4 Å². The van der Waals surface area contributed by atoms with Crippen molar-refractivity contribution in [3.05, 3.63) is 0 Å². The second-order valence-corrected chi connectivity index (χ2v) is 1.91. The summed E-state index contributed by atoms with van der Waals surface area (Å²) in [5, 5.41) is 6.27. The number of hydrogen-bond acceptors (Lipinski definition) is 3. The molecular weight excluding hydrogens is 114 g/mol. The van der Waals surface area contributed by atoms with Crippen LogP contribution in [0.3, 0.4) is 0 Å². The van der Waals surface area contributed by atoms with Gasteiger partial charge in [-0.2, -0.15) is 0 Å². The largest absolute Gasteiger partial charge is 0.318 e. The van der Waals surface area contributed by atoms with Crippen molar-refractivity contribution >= 4 is 0 Å². The number of nitrogens with one attached hydrogen (secondary N) is 2. The highest BCUT2D eigenvalue weighted by atomic mass is 15.0. The first-order valence-corrected chi connectivity index (χ1v) is 3.53. The fourth-order valence-electron chi connectivity index (χ4n) is 0.617. The highest BCUT2D eigenvalue weighted by molar-refractivity contribution is 4.46. The van der Waals surface area contributed by atoms with Crippen LogP contribution in [0.4, 0.5) is 0 Å². The van der Waals surface area contributed by atoms with Crippen molar-refractivity contribution in [1.82, 2.24) is 10.6 Å². The Kier molecular flexibility index (Phi) is 7.77. The van der Waals surface area contributed by atoms with Gasteiger partial charge in [0.05, 0.1) is 0 Å². The third kappa shape index (κ3) is 7.88. The standard InChI is InChI=1S/C6H17N3/c1-2-8-4-3-5-9-6-7/h8-9H,2-7H2,1H3. The van der Waals surface area contributed by atoms with E-state index in [4.69, 9.17) is 5.73 Å². The summed E-state index contributed by atoms with van der Waals surface area (Å²) in [7, 11) is 0. The molecule has 56 valence electrons. The maximum absolute atomic E-state index is 5.21. The molecule has 0 aromatic carbocycles. The van der Waals surface area contributed by atoms with Crippen molar-refractivity contribution in [3.63, 3.8) is 0 Å². The normalized spacial score (nSPS) is 10.0. The van der Waals surface area contributed by atoms with E-state index < -0.39 is 0 Å². The van der Waals surface area contributed by atoms with Gasteiger partial charge in [-0.1, -0.05) is 6.92 Å². The third-order valence-electron chi connectivity index (χ3n) is 1.10. The summed E-state index contributed by atoms with van der Waals surface area (Å²) in [5.74, 6) is 0. The molecule has 0 aliphatic rings. The lowest BCUT2D eigenvalue weighted by atomic mass is 10.4. The van der Waals surface area contributed by atoms with Gasteiger partial charge in [-0.25, -0.2) is 0 Å². The first kappa shape index (κ1) is 8.88. The molecule has 9 heavy (non-hydrogen) atoms. The SMILES string of the molecule is CCNCCCNCN. The van der Waals surface area contributed by atoms with E-state index in [1.807, 2.05) is 0 Å². The summed E-state index contributed by atoms with van der Waals surface area (Å²) in [6.45, 7) is 5.86. The van der Waals surface area contributed by atoms with Crippen LogP contribution in [0.25, 0.3) is 0 Å². The maximum Gasteiger partial charge on any atom is 0.0428 e. The van der Waals surface area contributed by atoms with E-state index >= 15 is 0 Å². The van der Waals surface area contributed by atoms with Gasteiger partial charge in [0.1, 0.15) is 0 Å². The monoisotopic (exact) mass is 131 g/mol. The van der Waals surface area contributed by atoms with Gasteiger partial charge in [0, 0.05) is 6.67 Å². The first-order chi connectivity index (χ1) is 4.41. The topological polar surface area (TPSA) is 50.1 Å². The fraction of sp³-hybridized carbons (Fsp3) is 1.00. The molecular formula is C6H17N3. The third-order valence-corrected chi connectivity index (χ3v) is 1.10. The number of rotatable bonds is 6. The minimum atomic E-state index is 0.589. The molecule has 0 atom stereocenters. The molecule has 0 aliphatic carbocycles. The molecule has 0 saturated carbocycles. The van der Waals surface area contributed by atoms with Crippen molar-refractivity contribution in [2.24, 2.45) is 5.73 Å². The molecule has 4 N–H and O–H groups in total. The Hall–Kier alpha value is -0.120. The molecule has 0 rings (SSSR count). The molecule has 0 saturated heterocycles. The van der Waals surface area contributed by atoms with Crippen LogP contribution in [-0.2, 0) is 0 Å². The van der Waals surface area contributed by atoms with Gasteiger partial charge in [0.25, 0.3) is 0 Å². The zero-order valence-electron chi connectivity index (χ0n) is 6.11. The van der Waals surface area contributed by atoms with Crippen molar-refractivity contribution in [2.45, 2.75) is 13.3 Å². The number of hydrogen-bond donors (Lipinski definition) is 3. The predicted molar refractivity (Wildman–Crippen MR) is 40.2 cm³/mol. The lowest BCUT2D eigenvalue weighted by Crippen LogP contribution is -2.26. The molecule has 0 aliphatic heterocycles. The van der Waals surface area contributed by atoms with E-state index in [2.05, 4.69) is 17.6 Å². The van der Waals surface area contributed by atoms with Crippen LogP contribution in [0.15, 0.2) is 0 Å². The number of nitrogens with two attached hydrogens (primary N) is 1. The van der Waals surface area contributed by atoms with Crippen molar-refractivity contribution in [3.8, 4) is 0 Å². The second-order valence-electron chi connectivity index (χ2n) is 1.91. The van der Waals surface area contributed by atoms with Crippen LogP contribution in [0.5, 0.6) is 0 Å². The average Bonchev–Trinajstić information content (AvgIpc) is 1.89. The average molecular weight is 131 g/mol. The van der Waals surface area contributed by atoms with Crippen LogP contribution >= 0.6 is 0 Å². The predicted octanol–water partition coefficient (Wildman–Crippen LogP) is -0.508. The summed E-state index contributed by atoms with van der Waals surface area (Å²) < 4.78 is 0. The molecule has 0 heterocycles. The Morgan fingerprint density at radius 3 is 2.44 bits per heavy atom. The fourth-order valence-corrected chi connectivity index (χ4v) is 0.617. The van der Waals surface area contributed by atoms with E-state index in [1.165, 1.54) is 0 Å². The summed E-state index contributed by atoms with van der Waals surface area (Å²) in [4.78, 5) is 0. The molecule has 0 aromatic heterocycles. The lowest BCUT2D eigenvalue weighted by molar-refractivity contribution is 0.613. The van der Waals surface area contributed by atoms with Gasteiger partial charge in [0.15, 0.2) is 0 Å². The minimum absolute atomic E-state index is 0.589. The quantitative estimate of drug-likeness (QED) is 0.336. The molecule has 0 unspecified atom stereocenters. The highest BCUT2D eigenvalue weighted by Gasteiger charge is 1.82. The smallest absolute Gasteiger partial charge is 0.0428 e. The summed E-state index contributed by atoms with van der Waals surface area (Å²) >= 11 is 0. The van der Waals surface area contributed by atoms with Crippen LogP contribution in [0, 0.1) is 0 Å². The minimum Gasteiger partial charge on any atom is -0.318 e. The van der Waals surface area contributed by atoms with Crippen molar-refractivity contribution in [2.75, 3.05) is 26.3 Å². The Labute approximate surface area is 57.0 Å². The molecule has 0 spiro atoms. The van der Waals surface area contributed by atoms with Gasteiger partial charge in [-0.05, 0) is 26.1 Å². The molecule has 0 bridgehead atoms. The van der Waals surface area contributed by atoms with Crippen LogP contribution in [0.2, 0.25) is 0 Å². The van der Waals surface area contributed by atoms with E-state index in [9.17, 15) is 0 Å². The molecule has 0 amide bonds. The molecule has 3 heteroatoms. The second kappa shape index (κ2) is 7.88. The van der Waals surface area contributed by atoms with Crippen molar-refractivity contribution < 1.29 is 0 Å². The Morgan fingerprint density at radius 1 is 1.22 bits per heavy atom. The van der Waals surface area contributed by atoms with E-state index in [-0.39, 0.29) is 0 Å². The van der Waals surface area contributed by atoms with Gasteiger partial charge in [-0.15, -0.1) is 0 Å². The van der Waals surface area contributed by atoms with E-state index in [0.717, 1.165) is 26.1 Å². The zero-order valence-corrected chi connectivity index (χ0v) is 6.11. The van der Waals surface area contributed by atoms with Crippen LogP contribution < -0.4 is 16.4 Å². The van der Waals surface area contributed by atoms with Crippen LogP contribution in [-0.4, -0.2) is 26.3 Å². The molecule has 3 nitrogen and oxygen atoms in total. The summed E-state index contributed by atoms with van der Waals surface area (Å²) in [6.07, 6.45) is 1.16. The Balaban J connectivity index is 2.60. The van der Waals surface area contributed by atoms with Gasteiger partial charge in [0.2, 0.25) is 0 Å². The van der Waals surface area contributed by atoms with Gasteiger partial charge in [-0.3, -0.25) is 0 Å². The Bertz CT molecular complexity index is 41.6. The highest BCUT2D eigenvalue weighted by Crippen LogP contribution is 1.69. The van der Waals surface area contributed by atoms with Gasteiger partial charge >= 0.3 is 0 Å². The summed E-state index contributed by atoms with van der Waals surface area (Å²) in [5.41, 5.74) is 5.21.